The Morgan fingerprint density at radius 3 is 2.82 bits per heavy atom. The van der Waals surface area contributed by atoms with E-state index in [4.69, 9.17) is 5.11 Å². The molecule has 0 radical (unpaired) electrons. The fraction of sp³-hybridized carbons (Fsp3) is 0.333. The summed E-state index contributed by atoms with van der Waals surface area (Å²) >= 11 is 0. The largest absolute Gasteiger partial charge is 0.389 e. The van der Waals surface area contributed by atoms with E-state index in [-0.39, 0.29) is 0 Å². The molecular formula is C9H9FO. The lowest BCUT2D eigenvalue weighted by atomic mass is 10.1. The van der Waals surface area contributed by atoms with E-state index in [9.17, 15) is 4.39 Å². The number of halogens is 1. The minimum Gasteiger partial charge on any atom is -0.389 e. The van der Waals surface area contributed by atoms with Gasteiger partial charge < -0.3 is 5.11 Å². The van der Waals surface area contributed by atoms with Crippen molar-refractivity contribution in [1.29, 1.82) is 0 Å². The van der Waals surface area contributed by atoms with Gasteiger partial charge >= 0.3 is 0 Å². The molecule has 0 heterocycles. The quantitative estimate of drug-likeness (QED) is 0.598. The summed E-state index contributed by atoms with van der Waals surface area (Å²) in [5.41, 5.74) is 1.59. The average Bonchev–Trinajstić information content (AvgIpc) is 2.30. The number of alkyl halides is 1. The van der Waals surface area contributed by atoms with Crippen molar-refractivity contribution in [3.8, 4) is 0 Å². The van der Waals surface area contributed by atoms with Crippen LogP contribution in [0.3, 0.4) is 0 Å². The number of hydrogen-bond acceptors (Lipinski definition) is 1. The Morgan fingerprint density at radius 1 is 1.36 bits per heavy atom. The molecule has 0 saturated carbocycles. The molecule has 0 spiro atoms. The predicted molar refractivity (Wildman–Crippen MR) is 40.0 cm³/mol. The molecule has 0 bridgehead atoms. The molecule has 2 unspecified atom stereocenters. The van der Waals surface area contributed by atoms with Gasteiger partial charge in [0, 0.05) is 6.42 Å². The van der Waals surface area contributed by atoms with Crippen molar-refractivity contribution in [3.05, 3.63) is 35.4 Å². The second-order valence-electron chi connectivity index (χ2n) is 2.87. The highest BCUT2D eigenvalue weighted by atomic mass is 19.1. The molecular weight excluding hydrogens is 143 g/mol. The summed E-state index contributed by atoms with van der Waals surface area (Å²) in [4.78, 5) is 0. The van der Waals surface area contributed by atoms with Gasteiger partial charge in [0.2, 0.25) is 0 Å². The maximum Gasteiger partial charge on any atom is 0.151 e. The van der Waals surface area contributed by atoms with Crippen LogP contribution in [0, 0.1) is 0 Å². The number of aliphatic hydroxyl groups excluding tert-OH is 1. The maximum atomic E-state index is 13.1. The van der Waals surface area contributed by atoms with Crippen molar-refractivity contribution in [2.45, 2.75) is 18.7 Å². The topological polar surface area (TPSA) is 20.2 Å². The predicted octanol–water partition coefficient (Wildman–Crippen LogP) is 1.61. The SMILES string of the molecule is OC1Cc2ccccc2C1F. The first-order valence-corrected chi connectivity index (χ1v) is 3.69. The fourth-order valence-corrected chi connectivity index (χ4v) is 1.53. The van der Waals surface area contributed by atoms with Crippen molar-refractivity contribution in [2.24, 2.45) is 0 Å². The Hall–Kier alpha value is -0.890. The highest BCUT2D eigenvalue weighted by molar-refractivity contribution is 5.34. The van der Waals surface area contributed by atoms with Gasteiger partial charge in [-0.1, -0.05) is 24.3 Å². The van der Waals surface area contributed by atoms with E-state index < -0.39 is 12.3 Å². The van der Waals surface area contributed by atoms with Crippen LogP contribution >= 0.6 is 0 Å². The van der Waals surface area contributed by atoms with E-state index in [1.807, 2.05) is 12.1 Å². The van der Waals surface area contributed by atoms with Crippen LogP contribution in [0.2, 0.25) is 0 Å². The first-order valence-electron chi connectivity index (χ1n) is 3.69. The van der Waals surface area contributed by atoms with E-state index in [0.717, 1.165) is 5.56 Å². The van der Waals surface area contributed by atoms with Crippen molar-refractivity contribution >= 4 is 0 Å². The zero-order valence-corrected chi connectivity index (χ0v) is 6.00. The minimum absolute atomic E-state index is 0.456. The van der Waals surface area contributed by atoms with Crippen molar-refractivity contribution < 1.29 is 9.50 Å². The van der Waals surface area contributed by atoms with Gasteiger partial charge in [0.25, 0.3) is 0 Å². The van der Waals surface area contributed by atoms with E-state index in [0.29, 0.717) is 12.0 Å². The Labute approximate surface area is 64.5 Å². The van der Waals surface area contributed by atoms with Gasteiger partial charge in [0.15, 0.2) is 6.17 Å². The van der Waals surface area contributed by atoms with E-state index >= 15 is 0 Å². The van der Waals surface area contributed by atoms with E-state index in [1.54, 1.807) is 12.1 Å². The van der Waals surface area contributed by atoms with Gasteiger partial charge in [-0.3, -0.25) is 0 Å². The third-order valence-electron chi connectivity index (χ3n) is 2.12. The average molecular weight is 152 g/mol. The second-order valence-corrected chi connectivity index (χ2v) is 2.87. The molecule has 1 aliphatic carbocycles. The third-order valence-corrected chi connectivity index (χ3v) is 2.12. The molecule has 58 valence electrons. The van der Waals surface area contributed by atoms with Crippen LogP contribution < -0.4 is 0 Å². The van der Waals surface area contributed by atoms with Crippen LogP contribution in [0.25, 0.3) is 0 Å². The summed E-state index contributed by atoms with van der Waals surface area (Å²) in [6, 6.07) is 7.25. The Morgan fingerprint density at radius 2 is 2.09 bits per heavy atom. The van der Waals surface area contributed by atoms with Crippen LogP contribution in [0.4, 0.5) is 4.39 Å². The number of fused-ring (bicyclic) bond motifs is 1. The molecule has 11 heavy (non-hydrogen) atoms. The lowest BCUT2D eigenvalue weighted by molar-refractivity contribution is 0.0928. The summed E-state index contributed by atoms with van der Waals surface area (Å²) in [6.07, 6.45) is -1.55. The molecule has 0 aromatic heterocycles. The summed E-state index contributed by atoms with van der Waals surface area (Å²) < 4.78 is 13.1. The van der Waals surface area contributed by atoms with Crippen molar-refractivity contribution in [3.63, 3.8) is 0 Å². The lowest BCUT2D eigenvalue weighted by Crippen LogP contribution is -2.08. The highest BCUT2D eigenvalue weighted by Gasteiger charge is 2.29. The zero-order valence-electron chi connectivity index (χ0n) is 6.00. The second kappa shape index (κ2) is 2.31. The number of aliphatic hydroxyl groups is 1. The van der Waals surface area contributed by atoms with Crippen LogP contribution in [0.1, 0.15) is 17.3 Å². The summed E-state index contributed by atoms with van der Waals surface area (Å²) in [7, 11) is 0. The Balaban J connectivity index is 2.47. The van der Waals surface area contributed by atoms with Crippen LogP contribution in [-0.2, 0) is 6.42 Å². The minimum atomic E-state index is -1.17. The molecule has 0 aliphatic heterocycles. The zero-order chi connectivity index (χ0) is 7.84. The smallest absolute Gasteiger partial charge is 0.151 e. The van der Waals surface area contributed by atoms with E-state index in [2.05, 4.69) is 0 Å². The van der Waals surface area contributed by atoms with Gasteiger partial charge in [-0.25, -0.2) is 4.39 Å². The first kappa shape index (κ1) is 6.80. The Kier molecular flexibility index (Phi) is 1.43. The normalized spacial score (nSPS) is 28.5. The molecule has 1 aromatic rings. The van der Waals surface area contributed by atoms with Crippen molar-refractivity contribution in [2.75, 3.05) is 0 Å². The standard InChI is InChI=1S/C9H9FO/c10-9-7-4-2-1-3-6(7)5-8(9)11/h1-4,8-9,11H,5H2. The molecule has 2 rings (SSSR count). The molecule has 0 amide bonds. The first-order chi connectivity index (χ1) is 5.29. The summed E-state index contributed by atoms with van der Waals surface area (Å²) in [5, 5.41) is 9.14. The van der Waals surface area contributed by atoms with Gasteiger partial charge in [-0.2, -0.15) is 0 Å². The molecule has 0 saturated heterocycles. The van der Waals surface area contributed by atoms with Crippen LogP contribution in [-0.4, -0.2) is 11.2 Å². The molecule has 2 atom stereocenters. The summed E-state index contributed by atoms with van der Waals surface area (Å²) in [6.45, 7) is 0. The maximum absolute atomic E-state index is 13.1. The molecule has 2 heteroatoms. The van der Waals surface area contributed by atoms with Gasteiger partial charge in [-0.15, -0.1) is 0 Å². The number of benzene rings is 1. The van der Waals surface area contributed by atoms with Gasteiger partial charge in [0.1, 0.15) is 0 Å². The molecule has 1 nitrogen and oxygen atoms in total. The lowest BCUT2D eigenvalue weighted by Gasteiger charge is -2.03. The fourth-order valence-electron chi connectivity index (χ4n) is 1.53. The van der Waals surface area contributed by atoms with Crippen LogP contribution in [0.5, 0.6) is 0 Å². The Bertz CT molecular complexity index is 272. The molecule has 1 aromatic carbocycles. The number of rotatable bonds is 0. The third kappa shape index (κ3) is 0.942. The highest BCUT2D eigenvalue weighted by Crippen LogP contribution is 2.33. The molecule has 1 aliphatic rings. The molecule has 0 fully saturated rings. The van der Waals surface area contributed by atoms with Crippen molar-refractivity contribution in [1.82, 2.24) is 0 Å². The van der Waals surface area contributed by atoms with E-state index in [1.165, 1.54) is 0 Å². The van der Waals surface area contributed by atoms with Gasteiger partial charge in [-0.05, 0) is 11.1 Å². The monoisotopic (exact) mass is 152 g/mol. The van der Waals surface area contributed by atoms with Crippen LogP contribution in [0.15, 0.2) is 24.3 Å². The number of hydrogen-bond donors (Lipinski definition) is 1. The van der Waals surface area contributed by atoms with Gasteiger partial charge in [0.05, 0.1) is 6.10 Å². The molecule has 1 N–H and O–H groups in total. The summed E-state index contributed by atoms with van der Waals surface area (Å²) in [5.74, 6) is 0.